The van der Waals surface area contributed by atoms with Gasteiger partial charge in [-0.3, -0.25) is 0 Å². The lowest BCUT2D eigenvalue weighted by Gasteiger charge is -2.55. The van der Waals surface area contributed by atoms with Crippen LogP contribution < -0.4 is 5.73 Å². The van der Waals surface area contributed by atoms with Crippen molar-refractivity contribution in [3.63, 3.8) is 0 Å². The van der Waals surface area contributed by atoms with Gasteiger partial charge in [-0.2, -0.15) is 0 Å². The Labute approximate surface area is 149 Å². The highest BCUT2D eigenvalue weighted by Crippen LogP contribution is 2.56. The molecule has 3 unspecified atom stereocenters. The van der Waals surface area contributed by atoms with Gasteiger partial charge in [0.25, 0.3) is 0 Å². The number of benzene rings is 2. The van der Waals surface area contributed by atoms with E-state index in [1.807, 2.05) is 36.4 Å². The van der Waals surface area contributed by atoms with Crippen LogP contribution in [0.15, 0.2) is 48.5 Å². The number of phenolic OH excluding ortho intramolecular Hbond substituents is 1. The molecule has 0 heterocycles. The van der Waals surface area contributed by atoms with Gasteiger partial charge in [0, 0.05) is 6.04 Å². The number of hydrogen-bond acceptors (Lipinski definition) is 3. The standard InChI is InChI=1S/C22H27NO2/c1-2-21-14-20(23)22(25,16-6-4-3-5-7-16)13-17(21)9-8-15-12-18(24)10-11-19(15)21/h3-7,10-12,17,20,24-25H,2,8-9,13-14,23H2,1H3/t17-,20?,21?,22?/m1/s1. The van der Waals surface area contributed by atoms with Crippen LogP contribution in [0, 0.1) is 5.92 Å². The van der Waals surface area contributed by atoms with Crippen molar-refractivity contribution in [2.24, 2.45) is 11.7 Å². The first-order valence-corrected chi connectivity index (χ1v) is 9.35. The molecular weight excluding hydrogens is 310 g/mol. The summed E-state index contributed by atoms with van der Waals surface area (Å²) in [6, 6.07) is 15.4. The highest BCUT2D eigenvalue weighted by Gasteiger charge is 2.54. The minimum absolute atomic E-state index is 0.00170. The predicted octanol–water partition coefficient (Wildman–Crippen LogP) is 3.61. The lowest BCUT2D eigenvalue weighted by molar-refractivity contribution is -0.0731. The van der Waals surface area contributed by atoms with Crippen LogP contribution >= 0.6 is 0 Å². The number of fused-ring (bicyclic) bond motifs is 3. The summed E-state index contributed by atoms with van der Waals surface area (Å²) in [5, 5.41) is 21.3. The summed E-state index contributed by atoms with van der Waals surface area (Å²) in [6.45, 7) is 2.23. The zero-order chi connectivity index (χ0) is 17.7. The minimum atomic E-state index is -0.959. The maximum atomic E-state index is 11.5. The Balaban J connectivity index is 1.77. The number of hydrogen-bond donors (Lipinski definition) is 3. The van der Waals surface area contributed by atoms with E-state index in [1.165, 1.54) is 11.1 Å². The average Bonchev–Trinajstić information content (AvgIpc) is 2.63. The molecule has 1 fully saturated rings. The zero-order valence-corrected chi connectivity index (χ0v) is 14.8. The van der Waals surface area contributed by atoms with E-state index in [2.05, 4.69) is 13.0 Å². The zero-order valence-electron chi connectivity index (χ0n) is 14.8. The molecule has 4 atom stereocenters. The van der Waals surface area contributed by atoms with E-state index in [0.717, 1.165) is 31.2 Å². The van der Waals surface area contributed by atoms with Gasteiger partial charge in [-0.1, -0.05) is 43.3 Å². The van der Waals surface area contributed by atoms with Gasteiger partial charge in [0.2, 0.25) is 0 Å². The molecule has 0 amide bonds. The Bertz CT molecular complexity index is 775. The second kappa shape index (κ2) is 5.86. The van der Waals surface area contributed by atoms with E-state index in [1.54, 1.807) is 6.07 Å². The molecule has 0 bridgehead atoms. The Morgan fingerprint density at radius 2 is 1.88 bits per heavy atom. The van der Waals surface area contributed by atoms with Crippen molar-refractivity contribution in [2.75, 3.05) is 0 Å². The van der Waals surface area contributed by atoms with Crippen molar-refractivity contribution in [1.82, 2.24) is 0 Å². The molecule has 2 aliphatic rings. The first-order chi connectivity index (χ1) is 12.0. The normalized spacial score (nSPS) is 34.2. The van der Waals surface area contributed by atoms with Crippen molar-refractivity contribution in [2.45, 2.75) is 56.1 Å². The molecule has 2 aromatic rings. The fourth-order valence-corrected chi connectivity index (χ4v) is 5.44. The van der Waals surface area contributed by atoms with Gasteiger partial charge in [0.15, 0.2) is 0 Å². The van der Waals surface area contributed by atoms with Crippen molar-refractivity contribution in [3.8, 4) is 5.75 Å². The maximum Gasteiger partial charge on any atom is 0.115 e. The molecule has 3 heteroatoms. The largest absolute Gasteiger partial charge is 0.508 e. The Morgan fingerprint density at radius 3 is 2.60 bits per heavy atom. The lowest BCUT2D eigenvalue weighted by Crippen LogP contribution is -2.59. The number of phenols is 1. The fourth-order valence-electron chi connectivity index (χ4n) is 5.44. The summed E-state index contributed by atoms with van der Waals surface area (Å²) in [5.74, 6) is 0.740. The van der Waals surface area contributed by atoms with Gasteiger partial charge >= 0.3 is 0 Å². The first kappa shape index (κ1) is 16.6. The number of nitrogens with two attached hydrogens (primary N) is 1. The molecule has 0 aliphatic heterocycles. The van der Waals surface area contributed by atoms with Gasteiger partial charge < -0.3 is 15.9 Å². The number of rotatable bonds is 2. The van der Waals surface area contributed by atoms with E-state index in [9.17, 15) is 10.2 Å². The topological polar surface area (TPSA) is 66.5 Å². The Kier molecular flexibility index (Phi) is 3.89. The van der Waals surface area contributed by atoms with E-state index in [4.69, 9.17) is 5.73 Å². The molecule has 0 radical (unpaired) electrons. The van der Waals surface area contributed by atoms with Crippen LogP contribution in [-0.4, -0.2) is 16.3 Å². The average molecular weight is 337 g/mol. The molecule has 0 aromatic heterocycles. The van der Waals surface area contributed by atoms with E-state index in [0.29, 0.717) is 18.1 Å². The van der Waals surface area contributed by atoms with Crippen molar-refractivity contribution >= 4 is 0 Å². The number of aromatic hydroxyl groups is 1. The van der Waals surface area contributed by atoms with Crippen LogP contribution in [0.1, 0.15) is 49.3 Å². The third-order valence-electron chi connectivity index (χ3n) is 6.83. The molecule has 2 aromatic carbocycles. The molecule has 4 rings (SSSR count). The fraction of sp³-hybridized carbons (Fsp3) is 0.455. The molecule has 4 N–H and O–H groups in total. The molecule has 1 saturated carbocycles. The van der Waals surface area contributed by atoms with Crippen molar-refractivity contribution in [3.05, 3.63) is 65.2 Å². The first-order valence-electron chi connectivity index (χ1n) is 9.35. The van der Waals surface area contributed by atoms with Gasteiger partial charge in [0.05, 0.1) is 0 Å². The van der Waals surface area contributed by atoms with Crippen LogP contribution in [0.2, 0.25) is 0 Å². The molecule has 2 aliphatic carbocycles. The molecule has 3 nitrogen and oxygen atoms in total. The van der Waals surface area contributed by atoms with Crippen LogP contribution in [0.3, 0.4) is 0 Å². The molecular formula is C22H27NO2. The van der Waals surface area contributed by atoms with E-state index in [-0.39, 0.29) is 11.5 Å². The quantitative estimate of drug-likeness (QED) is 0.784. The SMILES string of the molecule is CCC12CC(N)C(O)(c3ccccc3)C[C@H]1CCc1cc(O)ccc12. The summed E-state index contributed by atoms with van der Waals surface area (Å²) < 4.78 is 0. The van der Waals surface area contributed by atoms with Crippen molar-refractivity contribution in [1.29, 1.82) is 0 Å². The summed E-state index contributed by atoms with van der Waals surface area (Å²) in [4.78, 5) is 0. The summed E-state index contributed by atoms with van der Waals surface area (Å²) in [5.41, 5.74) is 9.15. The highest BCUT2D eigenvalue weighted by atomic mass is 16.3. The summed E-state index contributed by atoms with van der Waals surface area (Å²) in [7, 11) is 0. The molecule has 25 heavy (non-hydrogen) atoms. The molecule has 0 spiro atoms. The Hall–Kier alpha value is -1.84. The van der Waals surface area contributed by atoms with Gasteiger partial charge in [0.1, 0.15) is 11.4 Å². The smallest absolute Gasteiger partial charge is 0.115 e. The monoisotopic (exact) mass is 337 g/mol. The van der Waals surface area contributed by atoms with Crippen molar-refractivity contribution < 1.29 is 10.2 Å². The molecule has 0 saturated heterocycles. The highest BCUT2D eigenvalue weighted by molar-refractivity contribution is 5.44. The van der Waals surface area contributed by atoms with E-state index >= 15 is 0 Å². The lowest BCUT2D eigenvalue weighted by atomic mass is 9.51. The number of aryl methyl sites for hydroxylation is 1. The number of aliphatic hydroxyl groups is 1. The summed E-state index contributed by atoms with van der Waals surface area (Å²) >= 11 is 0. The summed E-state index contributed by atoms with van der Waals surface area (Å²) in [6.07, 6.45) is 4.47. The van der Waals surface area contributed by atoms with Crippen LogP contribution in [0.4, 0.5) is 0 Å². The van der Waals surface area contributed by atoms with Gasteiger partial charge in [-0.15, -0.1) is 0 Å². The second-order valence-electron chi connectivity index (χ2n) is 7.89. The third-order valence-corrected chi connectivity index (χ3v) is 6.83. The van der Waals surface area contributed by atoms with Crippen LogP contribution in [0.25, 0.3) is 0 Å². The minimum Gasteiger partial charge on any atom is -0.508 e. The molecule has 132 valence electrons. The van der Waals surface area contributed by atoms with Gasteiger partial charge in [-0.25, -0.2) is 0 Å². The van der Waals surface area contributed by atoms with Crippen LogP contribution in [0.5, 0.6) is 5.75 Å². The maximum absolute atomic E-state index is 11.5. The van der Waals surface area contributed by atoms with Gasteiger partial charge in [-0.05, 0) is 72.3 Å². The van der Waals surface area contributed by atoms with Crippen LogP contribution in [-0.2, 0) is 17.4 Å². The second-order valence-corrected chi connectivity index (χ2v) is 7.89. The van der Waals surface area contributed by atoms with E-state index < -0.39 is 5.60 Å². The Morgan fingerprint density at radius 1 is 1.12 bits per heavy atom. The predicted molar refractivity (Wildman–Crippen MR) is 99.4 cm³/mol. The third kappa shape index (κ3) is 2.41.